The Morgan fingerprint density at radius 3 is 2.64 bits per heavy atom. The zero-order chi connectivity index (χ0) is 18.9. The molecule has 0 amide bonds. The minimum atomic E-state index is 0.563. The minimum absolute atomic E-state index is 0.563. The number of rotatable bonds is 5. The molecule has 1 N–H and O–H groups in total. The van der Waals surface area contributed by atoms with E-state index in [4.69, 9.17) is 14.7 Å². The van der Waals surface area contributed by atoms with Crippen molar-refractivity contribution in [2.24, 2.45) is 0 Å². The fraction of sp³-hybridized carbons (Fsp3) is 0.565. The summed E-state index contributed by atoms with van der Waals surface area (Å²) < 4.78 is 5.39. The molecule has 148 valence electrons. The Bertz CT molecular complexity index is 842. The summed E-state index contributed by atoms with van der Waals surface area (Å²) in [7, 11) is 1.73. The van der Waals surface area contributed by atoms with Crippen LogP contribution in [-0.2, 0) is 13.0 Å². The van der Waals surface area contributed by atoms with E-state index in [1.54, 1.807) is 7.11 Å². The SMILES string of the molecule is COc1ccc2c(c1)CCN(c1cc(NC3CCCCC3)nc(C3CC3)n1)C2. The Morgan fingerprint density at radius 2 is 1.86 bits per heavy atom. The van der Waals surface area contributed by atoms with Gasteiger partial charge in [-0.2, -0.15) is 0 Å². The monoisotopic (exact) mass is 378 g/mol. The normalized spacial score (nSPS) is 20.0. The first kappa shape index (κ1) is 17.8. The highest BCUT2D eigenvalue weighted by molar-refractivity contribution is 5.53. The maximum absolute atomic E-state index is 5.39. The molecular weight excluding hydrogens is 348 g/mol. The molecular formula is C23H30N4O. The van der Waals surface area contributed by atoms with Crippen LogP contribution in [0.1, 0.15) is 67.8 Å². The van der Waals surface area contributed by atoms with E-state index in [1.165, 1.54) is 56.1 Å². The number of aromatic nitrogens is 2. The number of anilines is 2. The summed E-state index contributed by atoms with van der Waals surface area (Å²) >= 11 is 0. The van der Waals surface area contributed by atoms with Crippen molar-refractivity contribution in [3.8, 4) is 5.75 Å². The van der Waals surface area contributed by atoms with Gasteiger partial charge >= 0.3 is 0 Å². The molecule has 2 fully saturated rings. The predicted octanol–water partition coefficient (Wildman–Crippen LogP) is 4.67. The van der Waals surface area contributed by atoms with Crippen molar-refractivity contribution >= 4 is 11.6 Å². The van der Waals surface area contributed by atoms with Gasteiger partial charge in [0, 0.05) is 31.1 Å². The number of fused-ring (bicyclic) bond motifs is 1. The van der Waals surface area contributed by atoms with Gasteiger partial charge in [-0.3, -0.25) is 0 Å². The highest BCUT2D eigenvalue weighted by Gasteiger charge is 2.29. The fourth-order valence-corrected chi connectivity index (χ4v) is 4.52. The predicted molar refractivity (Wildman–Crippen MR) is 112 cm³/mol. The van der Waals surface area contributed by atoms with Crippen molar-refractivity contribution in [1.29, 1.82) is 0 Å². The molecule has 1 aromatic heterocycles. The maximum Gasteiger partial charge on any atom is 0.136 e. The lowest BCUT2D eigenvalue weighted by molar-refractivity contribution is 0.413. The van der Waals surface area contributed by atoms with E-state index < -0.39 is 0 Å². The van der Waals surface area contributed by atoms with E-state index in [9.17, 15) is 0 Å². The second-order valence-corrected chi connectivity index (χ2v) is 8.53. The summed E-state index contributed by atoms with van der Waals surface area (Å²) in [5.74, 6) is 4.66. The van der Waals surface area contributed by atoms with Crippen molar-refractivity contribution in [3.05, 3.63) is 41.2 Å². The molecule has 2 heterocycles. The van der Waals surface area contributed by atoms with Crippen LogP contribution in [0.5, 0.6) is 5.75 Å². The zero-order valence-electron chi connectivity index (χ0n) is 16.8. The van der Waals surface area contributed by atoms with Crippen molar-refractivity contribution in [3.63, 3.8) is 0 Å². The molecule has 3 aliphatic rings. The molecule has 2 aromatic rings. The highest BCUT2D eigenvalue weighted by Crippen LogP contribution is 2.39. The molecule has 0 radical (unpaired) electrons. The number of ether oxygens (including phenoxy) is 1. The number of nitrogens with one attached hydrogen (secondary N) is 1. The molecule has 5 nitrogen and oxygen atoms in total. The number of benzene rings is 1. The molecule has 1 aliphatic heterocycles. The van der Waals surface area contributed by atoms with Crippen LogP contribution in [0.4, 0.5) is 11.6 Å². The van der Waals surface area contributed by atoms with Crippen LogP contribution in [0.15, 0.2) is 24.3 Å². The van der Waals surface area contributed by atoms with Gasteiger partial charge in [0.2, 0.25) is 0 Å². The topological polar surface area (TPSA) is 50.3 Å². The van der Waals surface area contributed by atoms with Crippen LogP contribution in [0.2, 0.25) is 0 Å². The van der Waals surface area contributed by atoms with Gasteiger partial charge in [-0.05, 0) is 55.4 Å². The third-order valence-electron chi connectivity index (χ3n) is 6.38. The maximum atomic E-state index is 5.39. The van der Waals surface area contributed by atoms with Gasteiger partial charge in [0.15, 0.2) is 0 Å². The van der Waals surface area contributed by atoms with Crippen molar-refractivity contribution in [2.45, 2.75) is 69.9 Å². The lowest BCUT2D eigenvalue weighted by Gasteiger charge is -2.31. The van der Waals surface area contributed by atoms with E-state index in [0.29, 0.717) is 12.0 Å². The van der Waals surface area contributed by atoms with Crippen LogP contribution < -0.4 is 15.0 Å². The van der Waals surface area contributed by atoms with Crippen LogP contribution >= 0.6 is 0 Å². The summed E-state index contributed by atoms with van der Waals surface area (Å²) in [6.07, 6.45) is 10.0. The van der Waals surface area contributed by atoms with E-state index in [0.717, 1.165) is 42.7 Å². The third-order valence-corrected chi connectivity index (χ3v) is 6.38. The molecule has 5 rings (SSSR count). The van der Waals surface area contributed by atoms with Gasteiger partial charge in [0.1, 0.15) is 23.2 Å². The summed E-state index contributed by atoms with van der Waals surface area (Å²) in [4.78, 5) is 12.3. The summed E-state index contributed by atoms with van der Waals surface area (Å²) in [5.41, 5.74) is 2.77. The van der Waals surface area contributed by atoms with Gasteiger partial charge in [-0.25, -0.2) is 9.97 Å². The minimum Gasteiger partial charge on any atom is -0.497 e. The van der Waals surface area contributed by atoms with Gasteiger partial charge in [0.25, 0.3) is 0 Å². The van der Waals surface area contributed by atoms with Crippen molar-refractivity contribution < 1.29 is 4.74 Å². The Morgan fingerprint density at radius 1 is 1.00 bits per heavy atom. The molecule has 0 bridgehead atoms. The van der Waals surface area contributed by atoms with E-state index in [2.05, 4.69) is 34.5 Å². The smallest absolute Gasteiger partial charge is 0.136 e. The first-order chi connectivity index (χ1) is 13.8. The molecule has 2 saturated carbocycles. The Balaban J connectivity index is 1.39. The number of methoxy groups -OCH3 is 1. The molecule has 0 spiro atoms. The van der Waals surface area contributed by atoms with Crippen molar-refractivity contribution in [1.82, 2.24) is 9.97 Å². The van der Waals surface area contributed by atoms with E-state index >= 15 is 0 Å². The summed E-state index contributed by atoms with van der Waals surface area (Å²) in [6, 6.07) is 9.18. The van der Waals surface area contributed by atoms with Crippen LogP contribution in [0.25, 0.3) is 0 Å². The lowest BCUT2D eigenvalue weighted by Crippen LogP contribution is -2.31. The third kappa shape index (κ3) is 3.80. The van der Waals surface area contributed by atoms with Gasteiger partial charge in [-0.1, -0.05) is 25.3 Å². The summed E-state index contributed by atoms with van der Waals surface area (Å²) in [5, 5.41) is 3.72. The Hall–Kier alpha value is -2.30. The highest BCUT2D eigenvalue weighted by atomic mass is 16.5. The largest absolute Gasteiger partial charge is 0.497 e. The number of hydrogen-bond donors (Lipinski definition) is 1. The second kappa shape index (κ2) is 7.61. The average molecular weight is 379 g/mol. The summed E-state index contributed by atoms with van der Waals surface area (Å²) in [6.45, 7) is 1.90. The van der Waals surface area contributed by atoms with Gasteiger partial charge < -0.3 is 15.0 Å². The number of hydrogen-bond acceptors (Lipinski definition) is 5. The quantitative estimate of drug-likeness (QED) is 0.819. The van der Waals surface area contributed by atoms with Gasteiger partial charge in [0.05, 0.1) is 7.11 Å². The standard InChI is InChI=1S/C23H30N4O/c1-28-20-10-9-18-15-27(12-11-17(18)13-20)22-14-21(24-19-5-3-2-4-6-19)25-23(26-22)16-7-8-16/h9-10,13-14,16,19H,2-8,11-12,15H2,1H3,(H,24,25,26). The average Bonchev–Trinajstić information content (AvgIpc) is 3.59. The fourth-order valence-electron chi connectivity index (χ4n) is 4.52. The van der Waals surface area contributed by atoms with Crippen molar-refractivity contribution in [2.75, 3.05) is 23.9 Å². The molecule has 2 aliphatic carbocycles. The van der Waals surface area contributed by atoms with Crippen LogP contribution in [0, 0.1) is 0 Å². The van der Waals surface area contributed by atoms with E-state index in [-0.39, 0.29) is 0 Å². The lowest BCUT2D eigenvalue weighted by atomic mass is 9.95. The van der Waals surface area contributed by atoms with E-state index in [1.807, 2.05) is 0 Å². The Labute approximate surface area is 167 Å². The first-order valence-electron chi connectivity index (χ1n) is 10.8. The van der Waals surface area contributed by atoms with Crippen LogP contribution in [0.3, 0.4) is 0 Å². The molecule has 0 saturated heterocycles. The zero-order valence-corrected chi connectivity index (χ0v) is 16.8. The Kier molecular flexibility index (Phi) is 4.83. The van der Waals surface area contributed by atoms with Gasteiger partial charge in [-0.15, -0.1) is 0 Å². The second-order valence-electron chi connectivity index (χ2n) is 8.53. The van der Waals surface area contributed by atoms with Crippen LogP contribution in [-0.4, -0.2) is 29.7 Å². The molecule has 0 unspecified atom stereocenters. The first-order valence-corrected chi connectivity index (χ1v) is 10.8. The molecule has 5 heteroatoms. The molecule has 0 atom stereocenters. The number of nitrogens with zero attached hydrogens (tertiary/aromatic N) is 3. The molecule has 1 aromatic carbocycles. The molecule has 28 heavy (non-hydrogen) atoms.